The molecule has 1 nitrogen and oxygen atoms in total. The van der Waals surface area contributed by atoms with Crippen molar-refractivity contribution in [1.82, 2.24) is 0 Å². The molecule has 0 bridgehead atoms. The molecule has 0 N–H and O–H groups in total. The van der Waals surface area contributed by atoms with Crippen molar-refractivity contribution in [2.24, 2.45) is 0 Å². The number of fused-ring (bicyclic) bond motifs is 1. The summed E-state index contributed by atoms with van der Waals surface area (Å²) in [6.45, 7) is 0.811. The van der Waals surface area contributed by atoms with Crippen molar-refractivity contribution in [1.29, 1.82) is 0 Å². The summed E-state index contributed by atoms with van der Waals surface area (Å²) in [5, 5.41) is 3.59. The Hall–Kier alpha value is -1.02. The molecule has 0 saturated heterocycles. The Labute approximate surface area is 111 Å². The van der Waals surface area contributed by atoms with E-state index >= 15 is 0 Å². The van der Waals surface area contributed by atoms with Crippen LogP contribution < -0.4 is 4.74 Å². The highest BCUT2D eigenvalue weighted by molar-refractivity contribution is 9.09. The van der Waals surface area contributed by atoms with E-state index in [2.05, 4.69) is 52.3 Å². The molecule has 0 amide bonds. The zero-order chi connectivity index (χ0) is 11.9. The lowest BCUT2D eigenvalue weighted by Crippen LogP contribution is -1.97. The van der Waals surface area contributed by atoms with E-state index in [1.807, 2.05) is 6.07 Å². The summed E-state index contributed by atoms with van der Waals surface area (Å²) in [7, 11) is 0. The van der Waals surface area contributed by atoms with Gasteiger partial charge in [-0.3, -0.25) is 0 Å². The van der Waals surface area contributed by atoms with Crippen LogP contribution in [0.15, 0.2) is 42.5 Å². The van der Waals surface area contributed by atoms with Gasteiger partial charge in [-0.2, -0.15) is 0 Å². The van der Waals surface area contributed by atoms with Crippen molar-refractivity contribution in [3.05, 3.63) is 42.5 Å². The van der Waals surface area contributed by atoms with Crippen molar-refractivity contribution in [3.8, 4) is 5.75 Å². The van der Waals surface area contributed by atoms with Crippen LogP contribution in [-0.2, 0) is 0 Å². The molecule has 0 spiro atoms. The van der Waals surface area contributed by atoms with E-state index in [4.69, 9.17) is 4.74 Å². The Morgan fingerprint density at radius 2 is 1.71 bits per heavy atom. The van der Waals surface area contributed by atoms with Crippen LogP contribution in [-0.4, -0.2) is 11.9 Å². The van der Waals surface area contributed by atoms with Crippen molar-refractivity contribution in [3.63, 3.8) is 0 Å². The molecule has 0 saturated carbocycles. The van der Waals surface area contributed by atoms with Crippen molar-refractivity contribution in [2.45, 2.75) is 19.3 Å². The first-order valence-electron chi connectivity index (χ1n) is 6.08. The Balaban J connectivity index is 1.90. The summed E-state index contributed by atoms with van der Waals surface area (Å²) in [5.41, 5.74) is 0. The molecule has 17 heavy (non-hydrogen) atoms. The van der Waals surface area contributed by atoms with Crippen LogP contribution in [0.5, 0.6) is 5.75 Å². The number of unbranched alkanes of at least 4 members (excludes halogenated alkanes) is 2. The third kappa shape index (κ3) is 3.74. The lowest BCUT2D eigenvalue weighted by atomic mass is 10.1. The molecule has 0 aliphatic rings. The summed E-state index contributed by atoms with van der Waals surface area (Å²) in [4.78, 5) is 0. The number of ether oxygens (including phenoxy) is 1. The van der Waals surface area contributed by atoms with Crippen molar-refractivity contribution >= 4 is 26.7 Å². The van der Waals surface area contributed by atoms with E-state index in [0.29, 0.717) is 0 Å². The zero-order valence-electron chi connectivity index (χ0n) is 9.86. The first kappa shape index (κ1) is 12.4. The van der Waals surface area contributed by atoms with E-state index in [-0.39, 0.29) is 0 Å². The SMILES string of the molecule is BrCCCCCOc1ccc2ccccc2c1. The fourth-order valence-electron chi connectivity index (χ4n) is 1.82. The van der Waals surface area contributed by atoms with Gasteiger partial charge in [0.25, 0.3) is 0 Å². The van der Waals surface area contributed by atoms with E-state index in [0.717, 1.165) is 24.1 Å². The number of hydrogen-bond acceptors (Lipinski definition) is 1. The van der Waals surface area contributed by atoms with Gasteiger partial charge >= 0.3 is 0 Å². The van der Waals surface area contributed by atoms with Gasteiger partial charge in [-0.25, -0.2) is 0 Å². The quantitative estimate of drug-likeness (QED) is 0.550. The van der Waals surface area contributed by atoms with Gasteiger partial charge in [-0.15, -0.1) is 0 Å². The molecule has 2 heteroatoms. The number of rotatable bonds is 6. The third-order valence-corrected chi connectivity index (χ3v) is 3.33. The van der Waals surface area contributed by atoms with Crippen molar-refractivity contribution in [2.75, 3.05) is 11.9 Å². The van der Waals surface area contributed by atoms with Gasteiger partial charge in [0.2, 0.25) is 0 Å². The molecule has 2 rings (SSSR count). The van der Waals surface area contributed by atoms with Gasteiger partial charge in [0.05, 0.1) is 6.61 Å². The molecular formula is C15H17BrO. The van der Waals surface area contributed by atoms with Crippen LogP contribution in [0.3, 0.4) is 0 Å². The Kier molecular flexibility index (Phi) is 4.87. The van der Waals surface area contributed by atoms with Gasteiger partial charge in [0.1, 0.15) is 5.75 Å². The molecule has 0 aliphatic carbocycles. The molecule has 0 unspecified atom stereocenters. The zero-order valence-corrected chi connectivity index (χ0v) is 11.4. The molecule has 0 fully saturated rings. The molecule has 0 atom stereocenters. The molecule has 0 heterocycles. The van der Waals surface area contributed by atoms with Crippen LogP contribution >= 0.6 is 15.9 Å². The highest BCUT2D eigenvalue weighted by atomic mass is 79.9. The molecule has 2 aromatic rings. The van der Waals surface area contributed by atoms with E-state index in [1.165, 1.54) is 23.6 Å². The molecular weight excluding hydrogens is 276 g/mol. The van der Waals surface area contributed by atoms with Crippen LogP contribution in [0.25, 0.3) is 10.8 Å². The minimum atomic E-state index is 0.811. The predicted octanol–water partition coefficient (Wildman–Crippen LogP) is 4.78. The minimum Gasteiger partial charge on any atom is -0.494 e. The number of hydrogen-bond donors (Lipinski definition) is 0. The highest BCUT2D eigenvalue weighted by Gasteiger charge is 1.96. The molecule has 90 valence electrons. The summed E-state index contributed by atoms with van der Waals surface area (Å²) in [6.07, 6.45) is 3.57. The van der Waals surface area contributed by atoms with Gasteiger partial charge in [0, 0.05) is 5.33 Å². The van der Waals surface area contributed by atoms with E-state index in [9.17, 15) is 0 Å². The van der Waals surface area contributed by atoms with Gasteiger partial charge in [-0.1, -0.05) is 46.3 Å². The average Bonchev–Trinajstić information content (AvgIpc) is 2.38. The summed E-state index contributed by atoms with van der Waals surface area (Å²) < 4.78 is 5.75. The fourth-order valence-corrected chi connectivity index (χ4v) is 2.22. The van der Waals surface area contributed by atoms with Gasteiger partial charge in [0.15, 0.2) is 0 Å². The first-order chi connectivity index (χ1) is 8.40. The topological polar surface area (TPSA) is 9.23 Å². The fraction of sp³-hybridized carbons (Fsp3) is 0.333. The highest BCUT2D eigenvalue weighted by Crippen LogP contribution is 2.20. The summed E-state index contributed by atoms with van der Waals surface area (Å²) >= 11 is 3.43. The van der Waals surface area contributed by atoms with Crippen LogP contribution in [0.4, 0.5) is 0 Å². The second-order valence-electron chi connectivity index (χ2n) is 4.11. The standard InChI is InChI=1S/C15H17BrO/c16-10-4-1-5-11-17-15-9-8-13-6-2-3-7-14(13)12-15/h2-3,6-9,12H,1,4-5,10-11H2. The lowest BCUT2D eigenvalue weighted by molar-refractivity contribution is 0.307. The number of alkyl halides is 1. The van der Waals surface area contributed by atoms with E-state index < -0.39 is 0 Å². The molecule has 0 aromatic heterocycles. The van der Waals surface area contributed by atoms with Crippen LogP contribution in [0.2, 0.25) is 0 Å². The molecule has 0 radical (unpaired) electrons. The van der Waals surface area contributed by atoms with Crippen molar-refractivity contribution < 1.29 is 4.74 Å². The van der Waals surface area contributed by atoms with Gasteiger partial charge in [-0.05, 0) is 42.2 Å². The summed E-state index contributed by atoms with van der Waals surface area (Å²) in [5.74, 6) is 0.975. The van der Waals surface area contributed by atoms with E-state index in [1.54, 1.807) is 0 Å². The van der Waals surface area contributed by atoms with Crippen LogP contribution in [0.1, 0.15) is 19.3 Å². The minimum absolute atomic E-state index is 0.811. The first-order valence-corrected chi connectivity index (χ1v) is 7.20. The maximum Gasteiger partial charge on any atom is 0.119 e. The molecule has 2 aromatic carbocycles. The summed E-state index contributed by atoms with van der Waals surface area (Å²) in [6, 6.07) is 14.6. The van der Waals surface area contributed by atoms with Crippen LogP contribution in [0, 0.1) is 0 Å². The Bertz CT molecular complexity index is 467. The predicted molar refractivity (Wildman–Crippen MR) is 77.1 cm³/mol. The third-order valence-electron chi connectivity index (χ3n) is 2.77. The number of benzene rings is 2. The lowest BCUT2D eigenvalue weighted by Gasteiger charge is -2.06. The Morgan fingerprint density at radius 1 is 0.882 bits per heavy atom. The van der Waals surface area contributed by atoms with Gasteiger partial charge < -0.3 is 4.74 Å². The maximum absolute atomic E-state index is 5.75. The second-order valence-corrected chi connectivity index (χ2v) is 4.90. The molecule has 0 aliphatic heterocycles. The monoisotopic (exact) mass is 292 g/mol. The number of halogens is 1. The Morgan fingerprint density at radius 3 is 2.53 bits per heavy atom. The maximum atomic E-state index is 5.75. The normalized spacial score (nSPS) is 10.6. The smallest absolute Gasteiger partial charge is 0.119 e. The second kappa shape index (κ2) is 6.65. The largest absolute Gasteiger partial charge is 0.494 e. The average molecular weight is 293 g/mol.